The van der Waals surface area contributed by atoms with Crippen LogP contribution in [-0.4, -0.2) is 16.1 Å². The number of hydrogen-bond donors (Lipinski definition) is 1. The Hall–Kier alpha value is -1.32. The minimum absolute atomic E-state index is 0.295. The molecule has 0 bridgehead atoms. The van der Waals surface area contributed by atoms with Crippen molar-refractivity contribution >= 4 is 5.82 Å². The van der Waals surface area contributed by atoms with Crippen LogP contribution in [0.4, 0.5) is 5.82 Å². The van der Waals surface area contributed by atoms with Crippen LogP contribution in [-0.2, 0) is 6.42 Å². The summed E-state index contributed by atoms with van der Waals surface area (Å²) in [7, 11) is 0. The largest absolute Gasteiger partial charge is 0.474 e. The monoisotopic (exact) mass is 263 g/mol. The fourth-order valence-corrected chi connectivity index (χ4v) is 2.87. The Bertz CT molecular complexity index is 408. The molecular formula is C15H25N3O. The summed E-state index contributed by atoms with van der Waals surface area (Å²) >= 11 is 0. The van der Waals surface area contributed by atoms with Crippen molar-refractivity contribution in [3.8, 4) is 5.88 Å². The third-order valence-corrected chi connectivity index (χ3v) is 4.03. The van der Waals surface area contributed by atoms with Gasteiger partial charge in [0.15, 0.2) is 0 Å². The molecule has 0 aromatic carbocycles. The van der Waals surface area contributed by atoms with Crippen molar-refractivity contribution in [2.75, 3.05) is 5.73 Å². The Morgan fingerprint density at radius 2 is 2.16 bits per heavy atom. The van der Waals surface area contributed by atoms with Gasteiger partial charge in [0.05, 0.1) is 5.56 Å². The summed E-state index contributed by atoms with van der Waals surface area (Å²) in [6, 6.07) is 0. The van der Waals surface area contributed by atoms with Crippen molar-refractivity contribution in [1.29, 1.82) is 0 Å². The zero-order valence-electron chi connectivity index (χ0n) is 12.1. The second kappa shape index (κ2) is 6.73. The maximum Gasteiger partial charge on any atom is 0.222 e. The number of aromatic nitrogens is 2. The molecule has 0 amide bonds. The summed E-state index contributed by atoms with van der Waals surface area (Å²) < 4.78 is 6.12. The molecule has 0 aliphatic heterocycles. The van der Waals surface area contributed by atoms with Gasteiger partial charge in [0.2, 0.25) is 5.88 Å². The summed E-state index contributed by atoms with van der Waals surface area (Å²) in [5.41, 5.74) is 6.91. The van der Waals surface area contributed by atoms with Gasteiger partial charge in [-0.1, -0.05) is 33.1 Å². The molecule has 1 saturated carbocycles. The van der Waals surface area contributed by atoms with Crippen LogP contribution in [0.1, 0.15) is 57.9 Å². The molecule has 0 spiro atoms. The number of hydrogen-bond acceptors (Lipinski definition) is 4. The van der Waals surface area contributed by atoms with Gasteiger partial charge in [0.1, 0.15) is 18.2 Å². The Labute approximate surface area is 115 Å². The molecule has 0 radical (unpaired) electrons. The average Bonchev–Trinajstić information content (AvgIpc) is 2.43. The molecule has 2 rings (SSSR count). The number of rotatable bonds is 5. The number of anilines is 1. The summed E-state index contributed by atoms with van der Waals surface area (Å²) in [4.78, 5) is 8.36. The van der Waals surface area contributed by atoms with E-state index < -0.39 is 0 Å². The zero-order chi connectivity index (χ0) is 13.7. The molecule has 0 saturated heterocycles. The molecular weight excluding hydrogens is 238 g/mol. The molecule has 1 heterocycles. The smallest absolute Gasteiger partial charge is 0.222 e. The first-order valence-electron chi connectivity index (χ1n) is 7.50. The lowest BCUT2D eigenvalue weighted by Crippen LogP contribution is -2.26. The molecule has 2 N–H and O–H groups in total. The van der Waals surface area contributed by atoms with E-state index >= 15 is 0 Å². The van der Waals surface area contributed by atoms with Crippen LogP contribution in [0.3, 0.4) is 0 Å². The molecule has 1 aromatic heterocycles. The van der Waals surface area contributed by atoms with Crippen molar-refractivity contribution in [2.45, 2.75) is 64.9 Å². The number of nitrogens with zero attached hydrogens (tertiary/aromatic N) is 2. The predicted octanol–water partition coefficient (Wildman–Crippen LogP) is 3.36. The molecule has 2 unspecified atom stereocenters. The van der Waals surface area contributed by atoms with Crippen LogP contribution < -0.4 is 10.5 Å². The summed E-state index contributed by atoms with van der Waals surface area (Å²) in [5, 5.41) is 0. The van der Waals surface area contributed by atoms with Crippen LogP contribution in [0.5, 0.6) is 5.88 Å². The standard InChI is InChI=1S/C15H25N3O/c1-3-6-13-14(16)17-10-18-15(13)19-12-8-5-7-11(4-2)9-12/h10-12H,3-9H2,1-2H3,(H2,16,17,18). The van der Waals surface area contributed by atoms with Gasteiger partial charge in [-0.25, -0.2) is 9.97 Å². The predicted molar refractivity (Wildman–Crippen MR) is 77.1 cm³/mol. The normalized spacial score (nSPS) is 23.3. The Morgan fingerprint density at radius 3 is 2.89 bits per heavy atom. The SMILES string of the molecule is CCCc1c(N)ncnc1OC1CCCC(CC)C1. The van der Waals surface area contributed by atoms with E-state index in [1.807, 2.05) is 0 Å². The molecule has 106 valence electrons. The number of nitrogens with two attached hydrogens (primary N) is 1. The number of ether oxygens (including phenoxy) is 1. The van der Waals surface area contributed by atoms with Crippen molar-refractivity contribution < 1.29 is 4.74 Å². The van der Waals surface area contributed by atoms with E-state index in [9.17, 15) is 0 Å². The van der Waals surface area contributed by atoms with Gasteiger partial charge in [-0.3, -0.25) is 0 Å². The minimum atomic E-state index is 0.295. The molecule has 1 aromatic rings. The summed E-state index contributed by atoms with van der Waals surface area (Å²) in [5.74, 6) is 2.07. The quantitative estimate of drug-likeness (QED) is 0.885. The second-order valence-corrected chi connectivity index (χ2v) is 5.47. The Kier molecular flexibility index (Phi) is 5.00. The van der Waals surface area contributed by atoms with E-state index in [2.05, 4.69) is 23.8 Å². The fraction of sp³-hybridized carbons (Fsp3) is 0.733. The van der Waals surface area contributed by atoms with Gasteiger partial charge in [0.25, 0.3) is 0 Å². The molecule has 1 fully saturated rings. The summed E-state index contributed by atoms with van der Waals surface area (Å²) in [6.07, 6.45) is 9.82. The van der Waals surface area contributed by atoms with E-state index in [1.165, 1.54) is 25.6 Å². The third kappa shape index (κ3) is 3.58. The van der Waals surface area contributed by atoms with Crippen molar-refractivity contribution in [3.63, 3.8) is 0 Å². The first-order chi connectivity index (χ1) is 9.24. The molecule has 2 atom stereocenters. The van der Waals surface area contributed by atoms with E-state index in [4.69, 9.17) is 10.5 Å². The van der Waals surface area contributed by atoms with Gasteiger partial charge in [-0.15, -0.1) is 0 Å². The topological polar surface area (TPSA) is 61.0 Å². The highest BCUT2D eigenvalue weighted by atomic mass is 16.5. The van der Waals surface area contributed by atoms with Crippen LogP contribution in [0.25, 0.3) is 0 Å². The lowest BCUT2D eigenvalue weighted by Gasteiger charge is -2.29. The van der Waals surface area contributed by atoms with Crippen LogP contribution >= 0.6 is 0 Å². The minimum Gasteiger partial charge on any atom is -0.474 e. The van der Waals surface area contributed by atoms with E-state index in [1.54, 1.807) is 0 Å². The second-order valence-electron chi connectivity index (χ2n) is 5.47. The first kappa shape index (κ1) is 14.1. The number of nitrogen functional groups attached to an aromatic ring is 1. The van der Waals surface area contributed by atoms with E-state index in [-0.39, 0.29) is 0 Å². The summed E-state index contributed by atoms with van der Waals surface area (Å²) in [6.45, 7) is 4.39. The van der Waals surface area contributed by atoms with Crippen LogP contribution in [0.2, 0.25) is 0 Å². The van der Waals surface area contributed by atoms with Crippen LogP contribution in [0, 0.1) is 5.92 Å². The van der Waals surface area contributed by atoms with Gasteiger partial charge in [-0.05, 0) is 31.6 Å². The first-order valence-corrected chi connectivity index (χ1v) is 7.50. The molecule has 4 nitrogen and oxygen atoms in total. The van der Waals surface area contributed by atoms with Gasteiger partial charge in [0, 0.05) is 0 Å². The molecule has 1 aliphatic rings. The van der Waals surface area contributed by atoms with Gasteiger partial charge >= 0.3 is 0 Å². The highest BCUT2D eigenvalue weighted by Crippen LogP contribution is 2.31. The highest BCUT2D eigenvalue weighted by molar-refractivity contribution is 5.44. The van der Waals surface area contributed by atoms with E-state index in [0.29, 0.717) is 17.8 Å². The molecule has 19 heavy (non-hydrogen) atoms. The van der Waals surface area contributed by atoms with Crippen molar-refractivity contribution in [3.05, 3.63) is 11.9 Å². The molecule has 1 aliphatic carbocycles. The Morgan fingerprint density at radius 1 is 1.32 bits per heavy atom. The molecule has 4 heteroatoms. The van der Waals surface area contributed by atoms with Gasteiger partial charge in [-0.2, -0.15) is 0 Å². The van der Waals surface area contributed by atoms with Gasteiger partial charge < -0.3 is 10.5 Å². The lowest BCUT2D eigenvalue weighted by molar-refractivity contribution is 0.116. The average molecular weight is 263 g/mol. The Balaban J connectivity index is 2.07. The maximum atomic E-state index is 6.12. The van der Waals surface area contributed by atoms with Crippen LogP contribution in [0.15, 0.2) is 6.33 Å². The zero-order valence-corrected chi connectivity index (χ0v) is 12.1. The highest BCUT2D eigenvalue weighted by Gasteiger charge is 2.23. The van der Waals surface area contributed by atoms with Crippen molar-refractivity contribution in [2.24, 2.45) is 5.92 Å². The fourth-order valence-electron chi connectivity index (χ4n) is 2.87. The maximum absolute atomic E-state index is 6.12. The third-order valence-electron chi connectivity index (χ3n) is 4.03. The van der Waals surface area contributed by atoms with E-state index in [0.717, 1.165) is 37.2 Å². The van der Waals surface area contributed by atoms with Crippen molar-refractivity contribution in [1.82, 2.24) is 9.97 Å². The lowest BCUT2D eigenvalue weighted by atomic mass is 9.85.